The van der Waals surface area contributed by atoms with Gasteiger partial charge in [0.05, 0.1) is 76.8 Å². The third kappa shape index (κ3) is 46.0. The van der Waals surface area contributed by atoms with Crippen LogP contribution in [0.1, 0.15) is 241 Å². The molecule has 0 saturated heterocycles. The Morgan fingerprint density at radius 2 is 0.835 bits per heavy atom. The molecule has 2 fully saturated rings. The average molecular weight is 2170 g/mol. The summed E-state index contributed by atoms with van der Waals surface area (Å²) < 4.78 is 50.3. The number of hydrogen-bond acceptors (Lipinski definition) is 31. The number of hydrogen-bond donors (Lipinski definition) is 11. The number of aromatic nitrogens is 5. The van der Waals surface area contributed by atoms with Crippen LogP contribution in [0.3, 0.4) is 0 Å². The smallest absolute Gasteiger partial charge is 0.264 e. The third-order valence-electron chi connectivity index (χ3n) is 19.8. The maximum Gasteiger partial charge on any atom is 0.264 e. The Morgan fingerprint density at radius 3 is 1.16 bits per heavy atom. The number of nitrogens with two attached hydrogens (primary N) is 8. The Labute approximate surface area is 813 Å². The van der Waals surface area contributed by atoms with Crippen molar-refractivity contribution in [3.8, 4) is 0 Å². The number of Topliss-reactive ketones (excluding diaryl/α,β-unsaturated/α-hetero) is 5. The molecule has 7 aliphatic carbocycles. The zero-order valence-electron chi connectivity index (χ0n) is 73.2. The highest BCUT2D eigenvalue weighted by Crippen LogP contribution is 2.41. The van der Waals surface area contributed by atoms with E-state index >= 15 is 0 Å². The number of anilines is 5. The first-order valence-electron chi connectivity index (χ1n) is 41.4. The molecule has 0 bridgehead atoms. The second kappa shape index (κ2) is 65.5. The second-order valence-corrected chi connectivity index (χ2v) is 43.6. The van der Waals surface area contributed by atoms with Gasteiger partial charge in [0.2, 0.25) is 9.05 Å². The summed E-state index contributed by atoms with van der Waals surface area (Å²) in [5.74, 6) is 1.27. The summed E-state index contributed by atoms with van der Waals surface area (Å²) in [6, 6.07) is 32.3. The van der Waals surface area contributed by atoms with Crippen LogP contribution in [0.5, 0.6) is 0 Å². The van der Waals surface area contributed by atoms with E-state index in [0.717, 1.165) is 157 Å². The van der Waals surface area contributed by atoms with Crippen LogP contribution in [0.2, 0.25) is 0 Å². The number of fused-ring (bicyclic) bond motifs is 5. The second-order valence-electron chi connectivity index (χ2n) is 29.5. The summed E-state index contributed by atoms with van der Waals surface area (Å²) in [5.41, 5.74) is 48.5. The lowest BCUT2D eigenvalue weighted by Gasteiger charge is -2.21. The number of ether oxygens (including phenoxy) is 1. The van der Waals surface area contributed by atoms with E-state index in [2.05, 4.69) is 200 Å². The van der Waals surface area contributed by atoms with Crippen LogP contribution in [-0.2, 0) is 84.2 Å². The number of nitrogen functional groups attached to an aromatic ring is 5. The number of halogens is 5. The zero-order chi connectivity index (χ0) is 93.4. The number of alkyl halides is 1. The molecule has 2 saturated carbocycles. The fraction of sp³-hybridized carbons (Fsp3) is 0.547. The van der Waals surface area contributed by atoms with Gasteiger partial charge in [0.1, 0.15) is 23.1 Å². The predicted molar refractivity (Wildman–Crippen MR) is 550 cm³/mol. The van der Waals surface area contributed by atoms with E-state index < -0.39 is 27.1 Å². The molecule has 8 unspecified atom stereocenters. The molecule has 0 aliphatic heterocycles. The van der Waals surface area contributed by atoms with Crippen LogP contribution in [-0.4, -0.2) is 157 Å². The number of nitrogens with zero attached hydrogens (tertiary/aromatic N) is 5. The monoisotopic (exact) mass is 2160 g/mol. The highest BCUT2D eigenvalue weighted by atomic mass is 80.9. The maximum absolute atomic E-state index is 11.3. The minimum atomic E-state index is -3.37. The van der Waals surface area contributed by atoms with Gasteiger partial charge in [-0.25, -0.2) is 33.3 Å². The van der Waals surface area contributed by atoms with E-state index in [1.165, 1.54) is 120 Å². The first-order chi connectivity index (χ1) is 59.4. The van der Waals surface area contributed by atoms with Crippen molar-refractivity contribution in [3.05, 3.63) is 144 Å². The number of likely N-dealkylation sites (N-methyl/N-ethyl adjacent to an activating group) is 1. The lowest BCUT2D eigenvalue weighted by molar-refractivity contribution is -0.134. The van der Waals surface area contributed by atoms with E-state index in [4.69, 9.17) is 53.5 Å². The number of ketones is 5. The van der Waals surface area contributed by atoms with Crippen molar-refractivity contribution in [2.75, 3.05) is 94.4 Å². The lowest BCUT2D eigenvalue weighted by Crippen LogP contribution is -2.32. The van der Waals surface area contributed by atoms with Gasteiger partial charge < -0.3 is 66.1 Å². The first kappa shape index (κ1) is 120. The normalized spacial score (nSPS) is 18.8. The van der Waals surface area contributed by atoms with E-state index in [9.17, 15) is 40.8 Å². The number of carbonyl (C=O) groups excluding carboxylic acids is 5. The highest BCUT2D eigenvalue weighted by molar-refractivity contribution is 9.93. The molecule has 0 amide bonds. The third-order valence-corrected chi connectivity index (χ3v) is 28.6. The number of thiazole rings is 5. The number of aliphatic hydroxyl groups excluding tert-OH is 2. The number of aliphatic hydroxyl groups is 2. The van der Waals surface area contributed by atoms with Gasteiger partial charge in [0.25, 0.3) is 10.1 Å². The Morgan fingerprint density at radius 1 is 0.520 bits per heavy atom. The number of thiocarbonyl (C=S) groups is 1. The van der Waals surface area contributed by atoms with Crippen molar-refractivity contribution in [3.63, 3.8) is 0 Å². The van der Waals surface area contributed by atoms with Crippen molar-refractivity contribution in [2.24, 2.45) is 29.0 Å². The molecule has 15 rings (SSSR count). The van der Waals surface area contributed by atoms with Gasteiger partial charge in [0.15, 0.2) is 36.6 Å². The van der Waals surface area contributed by atoms with Gasteiger partial charge in [-0.15, -0.1) is 69.1 Å². The number of aryl methyl sites for hydroxylation is 5. The highest BCUT2D eigenvalue weighted by Gasteiger charge is 2.34. The Balaban J connectivity index is 0.000000707. The van der Waals surface area contributed by atoms with Crippen molar-refractivity contribution in [1.29, 1.82) is 0 Å². The number of benzene rings is 3. The molecule has 127 heavy (non-hydrogen) atoms. The minimum Gasteiger partial charge on any atom is -0.397 e. The van der Waals surface area contributed by atoms with Gasteiger partial charge in [0, 0.05) is 126 Å². The Hall–Kier alpha value is -5.04. The fourth-order valence-electron chi connectivity index (χ4n) is 14.4. The molecule has 41 heteroatoms. The summed E-state index contributed by atoms with van der Waals surface area (Å²) in [6.45, 7) is 14.3. The van der Waals surface area contributed by atoms with Crippen molar-refractivity contribution in [2.45, 2.75) is 225 Å². The topological polar surface area (TPSA) is 497 Å². The molecule has 8 atom stereocenters. The number of nitrogens with one attached hydrogen (secondary N) is 1. The predicted octanol–water partition coefficient (Wildman–Crippen LogP) is 16.1. The molecular formula is C86H132Br3Cl2N14O13PS8. The van der Waals surface area contributed by atoms with Gasteiger partial charge >= 0.3 is 0 Å². The number of carbonyl (C=O) groups is 5. The molecule has 5 heterocycles. The van der Waals surface area contributed by atoms with Crippen molar-refractivity contribution >= 4 is 239 Å². The largest absolute Gasteiger partial charge is 0.397 e. The summed E-state index contributed by atoms with van der Waals surface area (Å²) in [5, 5.41) is 27.3. The van der Waals surface area contributed by atoms with Gasteiger partial charge in [-0.3, -0.25) is 28.2 Å². The summed E-state index contributed by atoms with van der Waals surface area (Å²) in [6.07, 6.45) is 24.5. The van der Waals surface area contributed by atoms with E-state index in [1.54, 1.807) is 47.9 Å². The summed E-state index contributed by atoms with van der Waals surface area (Å²) in [4.78, 5) is 83.1. The summed E-state index contributed by atoms with van der Waals surface area (Å²) >= 11 is 20.7. The van der Waals surface area contributed by atoms with Crippen molar-refractivity contribution < 1.29 is 59.9 Å². The SMILES string of the molecule is BrBr.C.CC(=O)C1CCCC(Br)C1=O.CC(=O)C1CCCCC1=O.CC(=O)C1CCCc2sc(N)nc21.CCO.CCOCC.CNCC1CCCc2sc(N)nc21.CS(=O)(=O)Cl.CS(=O)(=O)OCC1CCCc2sc(N)nc21.Cl.NC(N)=S.NCC1CCCc2sc(N)nc21.Nc1nc2c(s1)CCCC2CO.c1ccc(P(c2ccccc2)c2ccccc2)cc1. The number of rotatable bonds is 15. The standard InChI is InChI=1S/C18H15P.C9H15N3S.C9H14N2O3S2.C9H12N2OS.C8H11BrO2.C8H13N3S.C8H12N2OS.C8H12O2.C4H10O.C2H6O.CH3ClO2S.CH4N2S.CH4.Br2.ClH/c1-4-10-16(11-5-1)19(17-12-6-2-7-13-17)18-14-8-3-9-15-18;1-11-5-6-3-2-4-7-8(6)12-9(10)13-7;1-16(12,13)14-5-6-3-2-4-7-8(6)11-9(10)15-7;1-5(12)6-3-2-4-7-8(6)11-9(10)13-7;1-5(10)6-3-2-4-7(9)8(6)11;9-4-5-2-1-3-6-7(5)11-8(10)12-6;9-8-10-7-5(4-11)2-1-3-6(7)12-8;1-6(9)7-4-2-3-5-8(7)10;1-3-5-4-2;1-2-3;1-5(2,3)4;2-1(3)4;;1-2;/h1-15H;6,11H,2-5H2,1H3,(H2,10,12);6H,2-5H2,1H3,(H2,10,11);6H,2-4H2,1H3,(H2,10,11);6-7H,2-4H2,1H3;5H,1-4,9H2,(H2,10,11);5,11H,1-4H2,(H2,9,10);7H,2-5H2,1H3;3-4H2,1-2H3;3H,2H2,1H3;1H3;(H4,2,3,4);1H4;;1H. The molecule has 3 aromatic carbocycles. The fourth-order valence-corrected chi connectivity index (χ4v) is 22.5. The quantitative estimate of drug-likeness (QED) is 0.0113. The van der Waals surface area contributed by atoms with Crippen LogP contribution in [0, 0.1) is 11.8 Å². The molecule has 712 valence electrons. The van der Waals surface area contributed by atoms with E-state index in [0.29, 0.717) is 45.3 Å². The summed E-state index contributed by atoms with van der Waals surface area (Å²) in [7, 11) is -0.523. The van der Waals surface area contributed by atoms with E-state index in [1.807, 2.05) is 20.9 Å². The lowest BCUT2D eigenvalue weighted by atomic mass is 9.85. The van der Waals surface area contributed by atoms with Crippen LogP contribution in [0.25, 0.3) is 0 Å². The van der Waals surface area contributed by atoms with Crippen LogP contribution in [0.15, 0.2) is 91.0 Å². The van der Waals surface area contributed by atoms with Gasteiger partial charge in [-0.2, -0.15) is 8.42 Å². The molecule has 0 radical (unpaired) electrons. The molecule has 5 aromatic heterocycles. The zero-order valence-corrected chi connectivity index (χ0v) is 86.9. The van der Waals surface area contributed by atoms with Gasteiger partial charge in [-0.1, -0.05) is 127 Å². The average Bonchev–Trinajstić information content (AvgIpc) is 1.78. The maximum atomic E-state index is 11.3. The molecule has 8 aromatic rings. The van der Waals surface area contributed by atoms with Crippen LogP contribution >= 0.6 is 144 Å². The molecule has 27 nitrogen and oxygen atoms in total. The molecule has 19 N–H and O–H groups in total. The molecule has 0 spiro atoms. The Bertz CT molecular complexity index is 4580. The van der Waals surface area contributed by atoms with Gasteiger partial charge in [-0.05, 0) is 207 Å². The van der Waals surface area contributed by atoms with Crippen molar-refractivity contribution in [1.82, 2.24) is 30.2 Å². The Kier molecular flexibility index (Phi) is 61.9. The van der Waals surface area contributed by atoms with Crippen LogP contribution in [0.4, 0.5) is 25.7 Å². The van der Waals surface area contributed by atoms with E-state index in [-0.39, 0.29) is 108 Å². The molecular weight excluding hydrogens is 2040 g/mol. The minimum absolute atomic E-state index is 0. The van der Waals surface area contributed by atoms with Crippen LogP contribution < -0.4 is 67.1 Å². The molecule has 7 aliphatic rings. The first-order valence-corrected chi connectivity index (χ1v) is 56.4.